The van der Waals surface area contributed by atoms with Gasteiger partial charge in [0.2, 0.25) is 5.82 Å². The average molecular weight is 476 g/mol. The Hall–Kier alpha value is -2.52. The summed E-state index contributed by atoms with van der Waals surface area (Å²) in [5.41, 5.74) is 1.50. The normalized spacial score (nSPS) is 14.7. The maximum Gasteiger partial charge on any atom is 0.309 e. The first-order valence-corrected chi connectivity index (χ1v) is 10.9. The summed E-state index contributed by atoms with van der Waals surface area (Å²) in [4.78, 5) is 31.0. The van der Waals surface area contributed by atoms with Crippen LogP contribution in [-0.4, -0.2) is 40.0 Å². The lowest BCUT2D eigenvalue weighted by Gasteiger charge is -2.31. The van der Waals surface area contributed by atoms with Crippen LogP contribution in [0.4, 0.5) is 0 Å². The number of benzene rings is 1. The smallest absolute Gasteiger partial charge is 0.309 e. The van der Waals surface area contributed by atoms with Gasteiger partial charge in [-0.2, -0.15) is 16.3 Å². The number of thiophene rings is 1. The van der Waals surface area contributed by atoms with Crippen LogP contribution in [0.15, 0.2) is 50.1 Å². The Kier molecular flexibility index (Phi) is 6.05. The molecule has 1 aromatic carbocycles. The molecule has 3 heterocycles. The second kappa shape index (κ2) is 8.87. The first-order valence-electron chi connectivity index (χ1n) is 9.17. The Bertz CT molecular complexity index is 980. The standard InChI is InChI=1S/C20H18BrN3O4S/c21-16-3-1-13(2-4-16)19(25)24-8-5-14(6-9-24)20(26)27-11-17-22-18(28-23-17)15-7-10-29-12-15/h1-4,7,10,12,14H,5-6,8-9,11H2. The molecule has 0 bridgehead atoms. The molecule has 1 saturated heterocycles. The van der Waals surface area contributed by atoms with E-state index in [1.165, 1.54) is 11.3 Å². The van der Waals surface area contributed by atoms with Gasteiger partial charge in [-0.3, -0.25) is 9.59 Å². The Morgan fingerprint density at radius 2 is 1.97 bits per heavy atom. The molecule has 1 amide bonds. The molecule has 0 atom stereocenters. The van der Waals surface area contributed by atoms with Crippen LogP contribution in [0.1, 0.15) is 29.0 Å². The number of nitrogens with zero attached hydrogens (tertiary/aromatic N) is 3. The molecule has 3 aromatic rings. The Morgan fingerprint density at radius 1 is 1.21 bits per heavy atom. The number of amides is 1. The van der Waals surface area contributed by atoms with Crippen molar-refractivity contribution in [2.75, 3.05) is 13.1 Å². The van der Waals surface area contributed by atoms with Gasteiger partial charge in [-0.05, 0) is 48.6 Å². The van der Waals surface area contributed by atoms with E-state index in [0.717, 1.165) is 10.0 Å². The van der Waals surface area contributed by atoms with Crippen LogP contribution in [0.25, 0.3) is 11.5 Å². The zero-order valence-corrected chi connectivity index (χ0v) is 17.8. The topological polar surface area (TPSA) is 85.5 Å². The summed E-state index contributed by atoms with van der Waals surface area (Å²) in [6, 6.07) is 9.17. The molecule has 0 aliphatic carbocycles. The Balaban J connectivity index is 1.26. The quantitative estimate of drug-likeness (QED) is 0.515. The predicted octanol–water partition coefficient (Wildman–Crippen LogP) is 4.16. The molecule has 4 rings (SSSR count). The summed E-state index contributed by atoms with van der Waals surface area (Å²) in [5, 5.41) is 7.68. The average Bonchev–Trinajstić information content (AvgIpc) is 3.44. The van der Waals surface area contributed by atoms with Gasteiger partial charge in [0.25, 0.3) is 11.8 Å². The van der Waals surface area contributed by atoms with E-state index in [0.29, 0.717) is 43.2 Å². The van der Waals surface area contributed by atoms with Crippen LogP contribution in [0.3, 0.4) is 0 Å². The van der Waals surface area contributed by atoms with E-state index >= 15 is 0 Å². The van der Waals surface area contributed by atoms with Crippen molar-refractivity contribution in [2.45, 2.75) is 19.4 Å². The monoisotopic (exact) mass is 475 g/mol. The summed E-state index contributed by atoms with van der Waals surface area (Å²) in [7, 11) is 0. The largest absolute Gasteiger partial charge is 0.457 e. The third-order valence-electron chi connectivity index (χ3n) is 4.79. The molecule has 1 aliphatic rings. The van der Waals surface area contributed by atoms with Crippen molar-refractivity contribution in [2.24, 2.45) is 5.92 Å². The van der Waals surface area contributed by atoms with Crippen LogP contribution in [0.5, 0.6) is 0 Å². The minimum Gasteiger partial charge on any atom is -0.457 e. The SMILES string of the molecule is O=C(OCc1noc(-c2ccsc2)n1)C1CCN(C(=O)c2ccc(Br)cc2)CC1. The van der Waals surface area contributed by atoms with E-state index in [-0.39, 0.29) is 24.4 Å². The minimum atomic E-state index is -0.289. The Labute approximate surface area is 179 Å². The number of ether oxygens (including phenoxy) is 1. The summed E-state index contributed by atoms with van der Waals surface area (Å²) >= 11 is 4.91. The first-order chi connectivity index (χ1) is 14.1. The van der Waals surface area contributed by atoms with Gasteiger partial charge in [0.15, 0.2) is 6.61 Å². The number of halogens is 1. The van der Waals surface area contributed by atoms with E-state index in [2.05, 4.69) is 26.1 Å². The van der Waals surface area contributed by atoms with Crippen molar-refractivity contribution < 1.29 is 18.8 Å². The van der Waals surface area contributed by atoms with Gasteiger partial charge in [0.1, 0.15) is 0 Å². The van der Waals surface area contributed by atoms with Crippen LogP contribution in [0, 0.1) is 5.92 Å². The van der Waals surface area contributed by atoms with E-state index in [1.807, 2.05) is 29.0 Å². The van der Waals surface area contributed by atoms with E-state index in [9.17, 15) is 9.59 Å². The zero-order valence-electron chi connectivity index (χ0n) is 15.4. The Morgan fingerprint density at radius 3 is 2.66 bits per heavy atom. The number of rotatable bonds is 5. The predicted molar refractivity (Wildman–Crippen MR) is 110 cm³/mol. The molecule has 1 aliphatic heterocycles. The number of likely N-dealkylation sites (tertiary alicyclic amines) is 1. The summed E-state index contributed by atoms with van der Waals surface area (Å²) in [6.45, 7) is 1.03. The van der Waals surface area contributed by atoms with Crippen molar-refractivity contribution in [3.05, 3.63) is 57.0 Å². The third kappa shape index (κ3) is 4.73. The van der Waals surface area contributed by atoms with E-state index < -0.39 is 0 Å². The van der Waals surface area contributed by atoms with Gasteiger partial charge >= 0.3 is 5.97 Å². The molecule has 29 heavy (non-hydrogen) atoms. The molecule has 0 unspecified atom stereocenters. The van der Waals surface area contributed by atoms with Crippen molar-refractivity contribution in [3.63, 3.8) is 0 Å². The number of esters is 1. The zero-order chi connectivity index (χ0) is 20.2. The van der Waals surface area contributed by atoms with Crippen molar-refractivity contribution >= 4 is 39.1 Å². The molecular weight excluding hydrogens is 458 g/mol. The molecule has 0 spiro atoms. The molecule has 0 saturated carbocycles. The maximum atomic E-state index is 12.6. The lowest BCUT2D eigenvalue weighted by atomic mass is 9.96. The summed E-state index contributed by atoms with van der Waals surface area (Å²) in [5.74, 6) is 0.214. The molecule has 1 fully saturated rings. The molecule has 150 valence electrons. The van der Waals surface area contributed by atoms with Crippen LogP contribution >= 0.6 is 27.3 Å². The number of carbonyl (C=O) groups excluding carboxylic acids is 2. The first kappa shape index (κ1) is 19.8. The molecule has 7 nitrogen and oxygen atoms in total. The summed E-state index contributed by atoms with van der Waals surface area (Å²) < 4.78 is 11.5. The van der Waals surface area contributed by atoms with Gasteiger partial charge in [0.05, 0.1) is 11.5 Å². The van der Waals surface area contributed by atoms with Gasteiger partial charge in [-0.25, -0.2) is 0 Å². The number of aromatic nitrogens is 2. The number of hydrogen-bond donors (Lipinski definition) is 0. The lowest BCUT2D eigenvalue weighted by molar-refractivity contribution is -0.151. The fourth-order valence-corrected chi connectivity index (χ4v) is 4.06. The number of piperidine rings is 1. The van der Waals surface area contributed by atoms with Crippen LogP contribution < -0.4 is 0 Å². The van der Waals surface area contributed by atoms with Crippen molar-refractivity contribution in [1.82, 2.24) is 15.0 Å². The summed E-state index contributed by atoms with van der Waals surface area (Å²) in [6.07, 6.45) is 1.15. The number of carbonyl (C=O) groups is 2. The molecule has 0 radical (unpaired) electrons. The second-order valence-corrected chi connectivity index (χ2v) is 8.40. The van der Waals surface area contributed by atoms with Crippen molar-refractivity contribution in [3.8, 4) is 11.5 Å². The molecular formula is C20H18BrN3O4S. The van der Waals surface area contributed by atoms with Gasteiger partial charge in [0, 0.05) is 28.5 Å². The van der Waals surface area contributed by atoms with Gasteiger partial charge < -0.3 is 14.2 Å². The highest BCUT2D eigenvalue weighted by molar-refractivity contribution is 9.10. The fourth-order valence-electron chi connectivity index (χ4n) is 3.16. The van der Waals surface area contributed by atoms with E-state index in [4.69, 9.17) is 9.26 Å². The van der Waals surface area contributed by atoms with E-state index in [1.54, 1.807) is 17.0 Å². The molecule has 9 heteroatoms. The lowest BCUT2D eigenvalue weighted by Crippen LogP contribution is -2.40. The highest BCUT2D eigenvalue weighted by Crippen LogP contribution is 2.23. The fraction of sp³-hybridized carbons (Fsp3) is 0.300. The highest BCUT2D eigenvalue weighted by atomic mass is 79.9. The minimum absolute atomic E-state index is 0.0166. The van der Waals surface area contributed by atoms with Crippen LogP contribution in [-0.2, 0) is 16.1 Å². The second-order valence-electron chi connectivity index (χ2n) is 6.71. The van der Waals surface area contributed by atoms with Gasteiger partial charge in [-0.1, -0.05) is 21.1 Å². The van der Waals surface area contributed by atoms with Crippen molar-refractivity contribution in [1.29, 1.82) is 0 Å². The van der Waals surface area contributed by atoms with Crippen LogP contribution in [0.2, 0.25) is 0 Å². The third-order valence-corrected chi connectivity index (χ3v) is 6.00. The molecule has 2 aromatic heterocycles. The maximum absolute atomic E-state index is 12.6. The van der Waals surface area contributed by atoms with Gasteiger partial charge in [-0.15, -0.1) is 0 Å². The number of hydrogen-bond acceptors (Lipinski definition) is 7. The molecule has 0 N–H and O–H groups in total. The highest BCUT2D eigenvalue weighted by Gasteiger charge is 2.29.